The normalized spacial score (nSPS) is 10.1. The lowest BCUT2D eigenvalue weighted by Crippen LogP contribution is -2.29. The maximum atomic E-state index is 10.7. The number of nitrogen functional groups attached to an aromatic ring is 1. The van der Waals surface area contributed by atoms with Crippen LogP contribution in [0.2, 0.25) is 0 Å². The van der Waals surface area contributed by atoms with Crippen LogP contribution in [-0.4, -0.2) is 26.8 Å². The fraction of sp³-hybridized carbons (Fsp3) is 0.500. The highest BCUT2D eigenvalue weighted by Gasteiger charge is 2.02. The first-order chi connectivity index (χ1) is 6.72. The standard InChI is InChI=1S/C6H12N6OS/c7-5-9-6(12-11-5)14-3-1-2-4(13)10-8/h1-3,8H2,(H,10,13)(H3,7,9,11,12). The Morgan fingerprint density at radius 2 is 2.43 bits per heavy atom. The molecule has 0 aliphatic heterocycles. The quantitative estimate of drug-likeness (QED) is 0.169. The third kappa shape index (κ3) is 3.62. The van der Waals surface area contributed by atoms with E-state index in [1.165, 1.54) is 11.8 Å². The monoisotopic (exact) mass is 216 g/mol. The molecule has 1 aromatic heterocycles. The maximum Gasteiger partial charge on any atom is 0.233 e. The predicted molar refractivity (Wildman–Crippen MR) is 53.1 cm³/mol. The van der Waals surface area contributed by atoms with E-state index in [0.29, 0.717) is 17.5 Å². The number of thioether (sulfide) groups is 1. The first-order valence-corrected chi connectivity index (χ1v) is 5.01. The number of amides is 1. The number of hydrogen-bond donors (Lipinski definition) is 4. The molecule has 0 saturated carbocycles. The van der Waals surface area contributed by atoms with Gasteiger partial charge in [-0.1, -0.05) is 11.8 Å². The molecule has 0 fully saturated rings. The molecule has 8 heteroatoms. The van der Waals surface area contributed by atoms with Gasteiger partial charge in [-0.05, 0) is 6.42 Å². The Bertz CT molecular complexity index is 300. The minimum absolute atomic E-state index is 0.167. The van der Waals surface area contributed by atoms with Gasteiger partial charge < -0.3 is 5.73 Å². The van der Waals surface area contributed by atoms with E-state index in [1.807, 2.05) is 0 Å². The van der Waals surface area contributed by atoms with Crippen molar-refractivity contribution in [2.75, 3.05) is 11.5 Å². The van der Waals surface area contributed by atoms with Crippen molar-refractivity contribution in [3.05, 3.63) is 0 Å². The molecule has 0 unspecified atom stereocenters. The Kier molecular flexibility index (Phi) is 4.20. The SMILES string of the molecule is NNC(=O)CCCSc1n[nH]c(N)n1. The van der Waals surface area contributed by atoms with E-state index in [1.54, 1.807) is 0 Å². The van der Waals surface area contributed by atoms with Crippen molar-refractivity contribution in [1.82, 2.24) is 20.6 Å². The van der Waals surface area contributed by atoms with Crippen molar-refractivity contribution in [2.24, 2.45) is 5.84 Å². The molecule has 0 bridgehead atoms. The van der Waals surface area contributed by atoms with E-state index in [4.69, 9.17) is 11.6 Å². The smallest absolute Gasteiger partial charge is 0.233 e. The van der Waals surface area contributed by atoms with Gasteiger partial charge in [0.05, 0.1) is 0 Å². The van der Waals surface area contributed by atoms with Crippen molar-refractivity contribution in [3.8, 4) is 0 Å². The number of H-pyrrole nitrogens is 1. The molecule has 1 amide bonds. The van der Waals surface area contributed by atoms with Crippen molar-refractivity contribution < 1.29 is 4.79 Å². The molecule has 0 radical (unpaired) electrons. The lowest BCUT2D eigenvalue weighted by molar-refractivity contribution is -0.121. The van der Waals surface area contributed by atoms with Crippen molar-refractivity contribution in [2.45, 2.75) is 18.0 Å². The Balaban J connectivity index is 2.13. The van der Waals surface area contributed by atoms with Crippen LogP contribution in [0.4, 0.5) is 5.95 Å². The molecule has 14 heavy (non-hydrogen) atoms. The lowest BCUT2D eigenvalue weighted by Gasteiger charge is -1.97. The van der Waals surface area contributed by atoms with Gasteiger partial charge in [-0.2, -0.15) is 4.98 Å². The second-order valence-electron chi connectivity index (χ2n) is 2.52. The molecule has 0 saturated heterocycles. The second-order valence-corrected chi connectivity index (χ2v) is 3.58. The summed E-state index contributed by atoms with van der Waals surface area (Å²) in [5, 5.41) is 6.95. The largest absolute Gasteiger partial charge is 0.368 e. The Labute approximate surface area is 85.0 Å². The first kappa shape index (κ1) is 10.8. The van der Waals surface area contributed by atoms with Crippen LogP contribution in [-0.2, 0) is 4.79 Å². The maximum absolute atomic E-state index is 10.7. The minimum atomic E-state index is -0.167. The van der Waals surface area contributed by atoms with Gasteiger partial charge in [0.2, 0.25) is 17.0 Å². The number of hydrogen-bond acceptors (Lipinski definition) is 6. The highest BCUT2D eigenvalue weighted by molar-refractivity contribution is 7.99. The summed E-state index contributed by atoms with van der Waals surface area (Å²) in [6.07, 6.45) is 1.13. The predicted octanol–water partition coefficient (Wildman–Crippen LogP) is -0.751. The van der Waals surface area contributed by atoms with Crippen LogP contribution in [0.5, 0.6) is 0 Å². The molecule has 0 aromatic carbocycles. The number of carbonyl (C=O) groups is 1. The molecule has 7 nitrogen and oxygen atoms in total. The molecule has 1 aromatic rings. The Hall–Kier alpha value is -1.28. The molecule has 0 atom stereocenters. The molecule has 6 N–H and O–H groups in total. The third-order valence-electron chi connectivity index (χ3n) is 1.42. The van der Waals surface area contributed by atoms with Gasteiger partial charge in [0, 0.05) is 12.2 Å². The number of nitrogens with two attached hydrogens (primary N) is 2. The molecule has 1 heterocycles. The fourth-order valence-electron chi connectivity index (χ4n) is 0.791. The highest BCUT2D eigenvalue weighted by Crippen LogP contribution is 2.14. The summed E-state index contributed by atoms with van der Waals surface area (Å²) in [6, 6.07) is 0. The van der Waals surface area contributed by atoms with E-state index in [-0.39, 0.29) is 5.91 Å². The molecular weight excluding hydrogens is 204 g/mol. The summed E-state index contributed by atoms with van der Waals surface area (Å²) in [6.45, 7) is 0. The fourth-order valence-corrected chi connectivity index (χ4v) is 1.54. The van der Waals surface area contributed by atoms with E-state index in [2.05, 4.69) is 20.6 Å². The van der Waals surface area contributed by atoms with Crippen molar-refractivity contribution in [3.63, 3.8) is 0 Å². The zero-order valence-corrected chi connectivity index (χ0v) is 8.30. The van der Waals surface area contributed by atoms with E-state index in [0.717, 1.165) is 12.2 Å². The average Bonchev–Trinajstić information content (AvgIpc) is 2.58. The summed E-state index contributed by atoms with van der Waals surface area (Å²) in [4.78, 5) is 14.6. The van der Waals surface area contributed by atoms with E-state index >= 15 is 0 Å². The van der Waals surface area contributed by atoms with Crippen molar-refractivity contribution in [1.29, 1.82) is 0 Å². The lowest BCUT2D eigenvalue weighted by atomic mass is 10.3. The topological polar surface area (TPSA) is 123 Å². The summed E-state index contributed by atoms with van der Waals surface area (Å²) >= 11 is 1.44. The zero-order chi connectivity index (χ0) is 10.4. The van der Waals surface area contributed by atoms with E-state index < -0.39 is 0 Å². The van der Waals surface area contributed by atoms with Crippen LogP contribution in [0.3, 0.4) is 0 Å². The minimum Gasteiger partial charge on any atom is -0.368 e. The Morgan fingerprint density at radius 3 is 3.00 bits per heavy atom. The highest BCUT2D eigenvalue weighted by atomic mass is 32.2. The first-order valence-electron chi connectivity index (χ1n) is 4.02. The summed E-state index contributed by atoms with van der Waals surface area (Å²) in [5.74, 6) is 5.80. The zero-order valence-electron chi connectivity index (χ0n) is 7.49. The number of nitrogens with zero attached hydrogens (tertiary/aromatic N) is 2. The van der Waals surface area contributed by atoms with Crippen LogP contribution in [0, 0.1) is 0 Å². The molecule has 78 valence electrons. The van der Waals surface area contributed by atoms with Crippen LogP contribution in [0.25, 0.3) is 0 Å². The van der Waals surface area contributed by atoms with Gasteiger partial charge in [0.25, 0.3) is 0 Å². The van der Waals surface area contributed by atoms with Gasteiger partial charge in [0.15, 0.2) is 0 Å². The van der Waals surface area contributed by atoms with Crippen LogP contribution in [0.15, 0.2) is 5.16 Å². The average molecular weight is 216 g/mol. The Morgan fingerprint density at radius 1 is 1.64 bits per heavy atom. The van der Waals surface area contributed by atoms with E-state index in [9.17, 15) is 4.79 Å². The second kappa shape index (κ2) is 5.45. The van der Waals surface area contributed by atoms with Gasteiger partial charge in [0.1, 0.15) is 0 Å². The van der Waals surface area contributed by atoms with Crippen LogP contribution in [0.1, 0.15) is 12.8 Å². The third-order valence-corrected chi connectivity index (χ3v) is 2.36. The molecule has 1 rings (SSSR count). The summed E-state index contributed by atoms with van der Waals surface area (Å²) in [7, 11) is 0. The van der Waals surface area contributed by atoms with Gasteiger partial charge in [-0.25, -0.2) is 10.9 Å². The number of anilines is 1. The van der Waals surface area contributed by atoms with Crippen LogP contribution < -0.4 is 17.0 Å². The molecule has 0 spiro atoms. The van der Waals surface area contributed by atoms with Crippen LogP contribution >= 0.6 is 11.8 Å². The number of hydrazine groups is 1. The number of aromatic amines is 1. The molecule has 0 aliphatic rings. The van der Waals surface area contributed by atoms with Gasteiger partial charge in [-0.15, -0.1) is 5.10 Å². The number of nitrogens with one attached hydrogen (secondary N) is 2. The van der Waals surface area contributed by atoms with Crippen molar-refractivity contribution >= 4 is 23.6 Å². The van der Waals surface area contributed by atoms with Gasteiger partial charge >= 0.3 is 0 Å². The van der Waals surface area contributed by atoms with Gasteiger partial charge in [-0.3, -0.25) is 10.2 Å². The number of rotatable bonds is 5. The summed E-state index contributed by atoms with van der Waals surface area (Å²) in [5.41, 5.74) is 7.39. The number of aromatic nitrogens is 3. The number of carbonyl (C=O) groups excluding carboxylic acids is 1. The molecule has 0 aliphatic carbocycles. The molecular formula is C6H12N6OS. The summed E-state index contributed by atoms with van der Waals surface area (Å²) < 4.78 is 0.